The van der Waals surface area contributed by atoms with Gasteiger partial charge >= 0.3 is 0 Å². The minimum absolute atomic E-state index is 0.296. The lowest BCUT2D eigenvalue weighted by Crippen LogP contribution is -2.02. The van der Waals surface area contributed by atoms with Crippen LogP contribution in [0.3, 0.4) is 0 Å². The summed E-state index contributed by atoms with van der Waals surface area (Å²) in [5.41, 5.74) is 1.44. The fraction of sp³-hybridized carbons (Fsp3) is 0.0769. The molecule has 6 heteroatoms. The molecule has 2 aromatic rings. The molecule has 100 valence electrons. The van der Waals surface area contributed by atoms with Crippen LogP contribution in [0.2, 0.25) is 15.1 Å². The van der Waals surface area contributed by atoms with Crippen LogP contribution >= 0.6 is 50.7 Å². The first-order valence-electron chi connectivity index (χ1n) is 5.29. The number of hydrogen-bond donors (Lipinski definition) is 1. The zero-order valence-corrected chi connectivity index (χ0v) is 13.3. The highest BCUT2D eigenvalue weighted by atomic mass is 79.9. The van der Waals surface area contributed by atoms with E-state index in [4.69, 9.17) is 34.8 Å². The molecule has 0 fully saturated rings. The van der Waals surface area contributed by atoms with E-state index in [1.54, 1.807) is 18.2 Å². The molecule has 0 aliphatic carbocycles. The molecule has 0 saturated carbocycles. The smallest absolute Gasteiger partial charge is 0.125 e. The van der Waals surface area contributed by atoms with Crippen LogP contribution in [0.4, 0.5) is 10.1 Å². The number of hydrogen-bond acceptors (Lipinski definition) is 1. The summed E-state index contributed by atoms with van der Waals surface area (Å²) in [6, 6.07) is 7.79. The summed E-state index contributed by atoms with van der Waals surface area (Å²) in [5.74, 6) is -0.400. The Hall–Kier alpha value is -0.480. The van der Waals surface area contributed by atoms with E-state index in [9.17, 15) is 4.39 Å². The quantitative estimate of drug-likeness (QED) is 0.669. The Kier molecular flexibility index (Phi) is 4.96. The molecule has 0 saturated heterocycles. The summed E-state index contributed by atoms with van der Waals surface area (Å²) < 4.78 is 13.7. The maximum Gasteiger partial charge on any atom is 0.125 e. The van der Waals surface area contributed by atoms with Gasteiger partial charge in [0, 0.05) is 21.1 Å². The van der Waals surface area contributed by atoms with Crippen molar-refractivity contribution in [3.05, 3.63) is 61.3 Å². The van der Waals surface area contributed by atoms with Crippen LogP contribution in [0, 0.1) is 5.82 Å². The molecule has 0 bridgehead atoms. The number of nitrogens with one attached hydrogen (secondary N) is 1. The van der Waals surface area contributed by atoms with E-state index < -0.39 is 5.82 Å². The van der Waals surface area contributed by atoms with Crippen LogP contribution < -0.4 is 5.32 Å². The summed E-state index contributed by atoms with van der Waals surface area (Å²) in [6.45, 7) is 0.434. The van der Waals surface area contributed by atoms with E-state index in [0.717, 1.165) is 5.56 Å². The average Bonchev–Trinajstić information content (AvgIpc) is 2.32. The molecule has 0 heterocycles. The van der Waals surface area contributed by atoms with Gasteiger partial charge in [0.2, 0.25) is 0 Å². The molecular formula is C13H8BrCl3FN. The largest absolute Gasteiger partial charge is 0.379 e. The van der Waals surface area contributed by atoms with Gasteiger partial charge in [0.25, 0.3) is 0 Å². The van der Waals surface area contributed by atoms with Gasteiger partial charge in [0.05, 0.1) is 10.7 Å². The topological polar surface area (TPSA) is 12.0 Å². The number of rotatable bonds is 3. The lowest BCUT2D eigenvalue weighted by molar-refractivity contribution is 0.627. The Balaban J connectivity index is 2.21. The van der Waals surface area contributed by atoms with Crippen LogP contribution in [0.1, 0.15) is 5.56 Å². The first-order chi connectivity index (χ1) is 8.97. The molecule has 2 aromatic carbocycles. The molecule has 0 aliphatic heterocycles. The monoisotopic (exact) mass is 381 g/mol. The molecule has 0 atom stereocenters. The highest BCUT2D eigenvalue weighted by Crippen LogP contribution is 2.32. The lowest BCUT2D eigenvalue weighted by Gasteiger charge is -2.12. The van der Waals surface area contributed by atoms with Crippen molar-refractivity contribution in [2.75, 3.05) is 5.32 Å². The van der Waals surface area contributed by atoms with Gasteiger partial charge in [-0.3, -0.25) is 0 Å². The predicted molar refractivity (Wildman–Crippen MR) is 82.9 cm³/mol. The van der Waals surface area contributed by atoms with Gasteiger partial charge in [-0.2, -0.15) is 0 Å². The lowest BCUT2D eigenvalue weighted by atomic mass is 10.2. The van der Waals surface area contributed by atoms with Gasteiger partial charge in [-0.05, 0) is 51.8 Å². The van der Waals surface area contributed by atoms with Crippen LogP contribution in [0.25, 0.3) is 0 Å². The number of anilines is 1. The minimum atomic E-state index is -0.400. The third-order valence-electron chi connectivity index (χ3n) is 2.47. The summed E-state index contributed by atoms with van der Waals surface area (Å²) in [5, 5.41) is 4.61. The van der Waals surface area contributed by atoms with Crippen molar-refractivity contribution in [1.29, 1.82) is 0 Å². The molecular weight excluding hydrogens is 375 g/mol. The van der Waals surface area contributed by atoms with Gasteiger partial charge in [-0.25, -0.2) is 4.39 Å². The summed E-state index contributed by atoms with van der Waals surface area (Å²) in [4.78, 5) is 0. The Morgan fingerprint density at radius 2 is 1.79 bits per heavy atom. The SMILES string of the molecule is Fc1cc(Cl)c(NCc2cc(Cl)ccc2Cl)c(Br)c1. The van der Waals surface area contributed by atoms with Crippen molar-refractivity contribution in [1.82, 2.24) is 0 Å². The zero-order chi connectivity index (χ0) is 14.0. The molecule has 0 aromatic heterocycles. The van der Waals surface area contributed by atoms with Crippen LogP contribution in [0.15, 0.2) is 34.8 Å². The van der Waals surface area contributed by atoms with Crippen LogP contribution in [0.5, 0.6) is 0 Å². The van der Waals surface area contributed by atoms with E-state index in [2.05, 4.69) is 21.2 Å². The summed E-state index contributed by atoms with van der Waals surface area (Å²) in [7, 11) is 0. The second-order valence-corrected chi connectivity index (χ2v) is 5.94. The van der Waals surface area contributed by atoms with Crippen molar-refractivity contribution < 1.29 is 4.39 Å². The second-order valence-electron chi connectivity index (χ2n) is 3.83. The fourth-order valence-corrected chi connectivity index (χ4v) is 2.91. The van der Waals surface area contributed by atoms with Gasteiger partial charge < -0.3 is 5.32 Å². The average molecular weight is 383 g/mol. The van der Waals surface area contributed by atoms with Crippen molar-refractivity contribution in [3.8, 4) is 0 Å². The Labute approximate surface area is 133 Å². The predicted octanol–water partition coefficient (Wildman–Crippen LogP) is 6.16. The van der Waals surface area contributed by atoms with E-state index >= 15 is 0 Å². The van der Waals surface area contributed by atoms with Crippen molar-refractivity contribution in [3.63, 3.8) is 0 Å². The molecule has 0 amide bonds. The summed E-state index contributed by atoms with van der Waals surface area (Å²) in [6.07, 6.45) is 0. The third-order valence-corrected chi connectivity index (χ3v) is 4.00. The highest BCUT2D eigenvalue weighted by molar-refractivity contribution is 9.10. The fourth-order valence-electron chi connectivity index (χ4n) is 1.57. The molecule has 0 aliphatic rings. The standard InChI is InChI=1S/C13H8BrCl3FN/c14-10-4-9(18)5-12(17)13(10)19-6-7-3-8(15)1-2-11(7)16/h1-5,19H,6H2. The molecule has 19 heavy (non-hydrogen) atoms. The molecule has 1 N–H and O–H groups in total. The number of benzene rings is 2. The Morgan fingerprint density at radius 1 is 1.05 bits per heavy atom. The van der Waals surface area contributed by atoms with Crippen molar-refractivity contribution in [2.45, 2.75) is 6.54 Å². The van der Waals surface area contributed by atoms with Gasteiger partial charge in [-0.15, -0.1) is 0 Å². The maximum atomic E-state index is 13.1. The number of halogens is 5. The molecule has 0 spiro atoms. The van der Waals surface area contributed by atoms with Crippen LogP contribution in [-0.4, -0.2) is 0 Å². The van der Waals surface area contributed by atoms with Gasteiger partial charge in [0.1, 0.15) is 5.82 Å². The minimum Gasteiger partial charge on any atom is -0.379 e. The highest BCUT2D eigenvalue weighted by Gasteiger charge is 2.09. The molecule has 0 unspecified atom stereocenters. The van der Waals surface area contributed by atoms with E-state index in [1.807, 2.05) is 0 Å². The normalized spacial score (nSPS) is 10.6. The molecule has 1 nitrogen and oxygen atoms in total. The van der Waals surface area contributed by atoms with Crippen molar-refractivity contribution >= 4 is 56.4 Å². The molecule has 0 radical (unpaired) electrons. The first kappa shape index (κ1) is 14.9. The van der Waals surface area contributed by atoms with E-state index in [-0.39, 0.29) is 0 Å². The van der Waals surface area contributed by atoms with Crippen molar-refractivity contribution in [2.24, 2.45) is 0 Å². The molecule has 2 rings (SSSR count). The van der Waals surface area contributed by atoms with Gasteiger partial charge in [0.15, 0.2) is 0 Å². The zero-order valence-electron chi connectivity index (χ0n) is 9.48. The Bertz CT molecular complexity index is 596. The van der Waals surface area contributed by atoms with Gasteiger partial charge in [-0.1, -0.05) is 34.8 Å². The van der Waals surface area contributed by atoms with E-state index in [1.165, 1.54) is 12.1 Å². The van der Waals surface area contributed by atoms with E-state index in [0.29, 0.717) is 31.8 Å². The maximum absolute atomic E-state index is 13.1. The second kappa shape index (κ2) is 6.31. The third kappa shape index (κ3) is 3.76. The first-order valence-corrected chi connectivity index (χ1v) is 7.22. The Morgan fingerprint density at radius 3 is 2.47 bits per heavy atom. The summed E-state index contributed by atoms with van der Waals surface area (Å²) >= 11 is 21.2. The van der Waals surface area contributed by atoms with Crippen LogP contribution in [-0.2, 0) is 6.54 Å².